The molecule has 3 fully saturated rings. The highest BCUT2D eigenvalue weighted by atomic mass is 16.5. The summed E-state index contributed by atoms with van der Waals surface area (Å²) in [6.45, 7) is 2.61. The highest BCUT2D eigenvalue weighted by Crippen LogP contribution is 2.42. The van der Waals surface area contributed by atoms with Crippen LogP contribution in [0, 0.1) is 11.8 Å². The van der Waals surface area contributed by atoms with Gasteiger partial charge in [0, 0.05) is 12.5 Å². The SMILES string of the molecule is C[C@@H](CNC(=O)c1cnc(C2CC2)c(OCC2CC2)n1)C(=O)OC1CC1. The van der Waals surface area contributed by atoms with E-state index < -0.39 is 0 Å². The predicted octanol–water partition coefficient (Wildman–Crippen LogP) is 2.21. The van der Waals surface area contributed by atoms with Crippen LogP contribution in [0.4, 0.5) is 0 Å². The minimum Gasteiger partial charge on any atom is -0.476 e. The molecule has 7 heteroatoms. The molecular weight excluding hydrogens is 334 g/mol. The van der Waals surface area contributed by atoms with Crippen LogP contribution in [0.1, 0.15) is 67.5 Å². The topological polar surface area (TPSA) is 90.4 Å². The first-order valence-corrected chi connectivity index (χ1v) is 9.58. The summed E-state index contributed by atoms with van der Waals surface area (Å²) in [6.07, 6.45) is 8.05. The number of hydrogen-bond donors (Lipinski definition) is 1. The highest BCUT2D eigenvalue weighted by Gasteiger charge is 2.32. The van der Waals surface area contributed by atoms with Crippen LogP contribution in [-0.4, -0.2) is 41.1 Å². The number of ether oxygens (including phenoxy) is 2. The number of carbonyl (C=O) groups is 2. The van der Waals surface area contributed by atoms with Gasteiger partial charge in [-0.15, -0.1) is 0 Å². The summed E-state index contributed by atoms with van der Waals surface area (Å²) < 4.78 is 11.1. The van der Waals surface area contributed by atoms with Gasteiger partial charge in [0.2, 0.25) is 5.88 Å². The molecule has 1 heterocycles. The molecule has 0 unspecified atom stereocenters. The second-order valence-corrected chi connectivity index (χ2v) is 7.72. The molecular formula is C19H25N3O4. The molecule has 0 aromatic carbocycles. The van der Waals surface area contributed by atoms with Crippen molar-refractivity contribution in [1.29, 1.82) is 0 Å². The lowest BCUT2D eigenvalue weighted by molar-refractivity contribution is -0.148. The molecule has 4 rings (SSSR count). The summed E-state index contributed by atoms with van der Waals surface area (Å²) in [4.78, 5) is 33.1. The quantitative estimate of drug-likeness (QED) is 0.680. The molecule has 0 aliphatic heterocycles. The van der Waals surface area contributed by atoms with Crippen molar-refractivity contribution in [3.8, 4) is 5.88 Å². The monoisotopic (exact) mass is 359 g/mol. The zero-order valence-corrected chi connectivity index (χ0v) is 15.1. The highest BCUT2D eigenvalue weighted by molar-refractivity contribution is 5.92. The Morgan fingerprint density at radius 2 is 2.00 bits per heavy atom. The number of hydrogen-bond acceptors (Lipinski definition) is 6. The van der Waals surface area contributed by atoms with Gasteiger partial charge in [-0.3, -0.25) is 14.6 Å². The van der Waals surface area contributed by atoms with Gasteiger partial charge in [-0.2, -0.15) is 0 Å². The fourth-order valence-corrected chi connectivity index (χ4v) is 2.60. The molecule has 0 saturated heterocycles. The molecule has 3 saturated carbocycles. The average molecular weight is 359 g/mol. The molecule has 3 aliphatic carbocycles. The molecule has 0 bridgehead atoms. The van der Waals surface area contributed by atoms with Gasteiger partial charge in [0.05, 0.1) is 18.7 Å². The molecule has 7 nitrogen and oxygen atoms in total. The Labute approximate surface area is 152 Å². The third-order valence-corrected chi connectivity index (χ3v) is 4.89. The van der Waals surface area contributed by atoms with Gasteiger partial charge in [-0.05, 0) is 44.4 Å². The number of esters is 1. The number of nitrogens with one attached hydrogen (secondary N) is 1. The molecule has 0 radical (unpaired) electrons. The Bertz CT molecular complexity index is 696. The lowest BCUT2D eigenvalue weighted by Crippen LogP contribution is -2.33. The largest absolute Gasteiger partial charge is 0.476 e. The van der Waals surface area contributed by atoms with Crippen LogP contribution in [0.2, 0.25) is 0 Å². The summed E-state index contributed by atoms with van der Waals surface area (Å²) >= 11 is 0. The maximum absolute atomic E-state index is 12.4. The van der Waals surface area contributed by atoms with Crippen LogP contribution >= 0.6 is 0 Å². The minimum absolute atomic E-state index is 0.0765. The molecule has 0 spiro atoms. The van der Waals surface area contributed by atoms with Crippen molar-refractivity contribution >= 4 is 11.9 Å². The lowest BCUT2D eigenvalue weighted by Gasteiger charge is -2.13. The van der Waals surface area contributed by atoms with E-state index in [0.717, 1.165) is 31.4 Å². The van der Waals surface area contributed by atoms with Gasteiger partial charge in [-0.25, -0.2) is 4.98 Å². The lowest BCUT2D eigenvalue weighted by atomic mass is 10.2. The average Bonchev–Trinajstić information content (AvgIpc) is 3.47. The molecule has 3 aliphatic rings. The van der Waals surface area contributed by atoms with Gasteiger partial charge in [0.25, 0.3) is 5.91 Å². The van der Waals surface area contributed by atoms with Crippen molar-refractivity contribution < 1.29 is 19.1 Å². The smallest absolute Gasteiger partial charge is 0.310 e. The molecule has 140 valence electrons. The Morgan fingerprint density at radius 1 is 1.23 bits per heavy atom. The fourth-order valence-electron chi connectivity index (χ4n) is 2.60. The van der Waals surface area contributed by atoms with E-state index >= 15 is 0 Å². The second kappa shape index (κ2) is 7.21. The van der Waals surface area contributed by atoms with E-state index in [1.54, 1.807) is 6.92 Å². The zero-order valence-electron chi connectivity index (χ0n) is 15.1. The van der Waals surface area contributed by atoms with E-state index in [1.807, 2.05) is 0 Å². The van der Waals surface area contributed by atoms with Crippen LogP contribution in [-0.2, 0) is 9.53 Å². The van der Waals surface area contributed by atoms with E-state index in [1.165, 1.54) is 19.0 Å². The summed E-state index contributed by atoms with van der Waals surface area (Å²) in [5, 5.41) is 2.74. The first-order valence-electron chi connectivity index (χ1n) is 9.58. The summed E-state index contributed by atoms with van der Waals surface area (Å²) in [5.41, 5.74) is 1.09. The standard InChI is InChI=1S/C19H25N3O4/c1-11(19(24)26-14-6-7-14)8-21-17(23)15-9-20-16(13-4-5-13)18(22-15)25-10-12-2-3-12/h9,11-14H,2-8,10H2,1H3,(H,21,23)/t11-/m0/s1. The van der Waals surface area contributed by atoms with Crippen molar-refractivity contribution in [2.75, 3.05) is 13.2 Å². The van der Waals surface area contributed by atoms with E-state index in [-0.39, 0.29) is 36.1 Å². The summed E-state index contributed by atoms with van der Waals surface area (Å²) in [5.74, 6) is 0.515. The van der Waals surface area contributed by atoms with E-state index in [2.05, 4.69) is 15.3 Å². The van der Waals surface area contributed by atoms with Gasteiger partial charge in [-0.1, -0.05) is 6.92 Å². The number of carbonyl (C=O) groups excluding carboxylic acids is 2. The Kier molecular flexibility index (Phi) is 4.78. The van der Waals surface area contributed by atoms with E-state index in [0.29, 0.717) is 24.3 Å². The minimum atomic E-state index is -0.385. The number of amides is 1. The molecule has 1 amide bonds. The third kappa shape index (κ3) is 4.51. The number of aromatic nitrogens is 2. The number of nitrogens with zero attached hydrogens (tertiary/aromatic N) is 2. The van der Waals surface area contributed by atoms with Gasteiger partial charge in [0.1, 0.15) is 17.5 Å². The first kappa shape index (κ1) is 17.2. The van der Waals surface area contributed by atoms with E-state index in [9.17, 15) is 9.59 Å². The maximum atomic E-state index is 12.4. The zero-order chi connectivity index (χ0) is 18.1. The predicted molar refractivity (Wildman–Crippen MR) is 92.8 cm³/mol. The van der Waals surface area contributed by atoms with Gasteiger partial charge in [0.15, 0.2) is 0 Å². The van der Waals surface area contributed by atoms with Crippen molar-refractivity contribution in [2.45, 2.75) is 57.5 Å². The van der Waals surface area contributed by atoms with Gasteiger partial charge >= 0.3 is 5.97 Å². The molecule has 1 N–H and O–H groups in total. The number of rotatable bonds is 9. The Balaban J connectivity index is 1.35. The van der Waals surface area contributed by atoms with Crippen LogP contribution < -0.4 is 10.1 Å². The summed E-state index contributed by atoms with van der Waals surface area (Å²) in [6, 6.07) is 0. The van der Waals surface area contributed by atoms with Crippen LogP contribution in [0.3, 0.4) is 0 Å². The van der Waals surface area contributed by atoms with E-state index in [4.69, 9.17) is 9.47 Å². The molecule has 26 heavy (non-hydrogen) atoms. The van der Waals surface area contributed by atoms with Crippen molar-refractivity contribution in [1.82, 2.24) is 15.3 Å². The Morgan fingerprint density at radius 3 is 2.65 bits per heavy atom. The van der Waals surface area contributed by atoms with Crippen LogP contribution in [0.15, 0.2) is 6.20 Å². The van der Waals surface area contributed by atoms with Crippen LogP contribution in [0.25, 0.3) is 0 Å². The first-order chi connectivity index (χ1) is 12.6. The molecule has 1 atom stereocenters. The fraction of sp³-hybridized carbons (Fsp3) is 0.684. The Hall–Kier alpha value is -2.18. The maximum Gasteiger partial charge on any atom is 0.310 e. The second-order valence-electron chi connectivity index (χ2n) is 7.72. The van der Waals surface area contributed by atoms with Crippen molar-refractivity contribution in [3.63, 3.8) is 0 Å². The van der Waals surface area contributed by atoms with Crippen molar-refractivity contribution in [2.24, 2.45) is 11.8 Å². The molecule has 1 aromatic rings. The molecule has 1 aromatic heterocycles. The normalized spacial score (nSPS) is 20.3. The van der Waals surface area contributed by atoms with Gasteiger partial charge < -0.3 is 14.8 Å². The third-order valence-electron chi connectivity index (χ3n) is 4.89. The summed E-state index contributed by atoms with van der Waals surface area (Å²) in [7, 11) is 0. The van der Waals surface area contributed by atoms with Crippen LogP contribution in [0.5, 0.6) is 5.88 Å². The van der Waals surface area contributed by atoms with Crippen molar-refractivity contribution in [3.05, 3.63) is 17.6 Å².